The van der Waals surface area contributed by atoms with E-state index in [1.54, 1.807) is 36.4 Å². The predicted octanol–water partition coefficient (Wildman–Crippen LogP) is 5.12. The Labute approximate surface area is 239 Å². The first-order valence-corrected chi connectivity index (χ1v) is 13.9. The molecule has 3 rings (SSSR count). The highest BCUT2D eigenvalue weighted by atomic mass is 79.9. The second kappa shape index (κ2) is 13.3. The molecule has 3 aromatic carbocycles. The minimum Gasteiger partial charge on any atom is -0.493 e. The van der Waals surface area contributed by atoms with Crippen LogP contribution >= 0.6 is 39.1 Å². The Morgan fingerprint density at radius 3 is 2.18 bits per heavy atom. The number of sulfonamides is 1. The third kappa shape index (κ3) is 7.39. The van der Waals surface area contributed by atoms with Crippen LogP contribution in [0.15, 0.2) is 69.1 Å². The highest BCUT2D eigenvalue weighted by molar-refractivity contribution is 9.10. The third-order valence-electron chi connectivity index (χ3n) is 5.22. The van der Waals surface area contributed by atoms with E-state index in [9.17, 15) is 13.2 Å². The minimum absolute atomic E-state index is 0.0134. The molecule has 0 fully saturated rings. The van der Waals surface area contributed by atoms with Gasteiger partial charge in [0, 0.05) is 26.6 Å². The van der Waals surface area contributed by atoms with Gasteiger partial charge < -0.3 is 14.2 Å². The quantitative estimate of drug-likeness (QED) is 0.229. The van der Waals surface area contributed by atoms with Gasteiger partial charge in [0.1, 0.15) is 0 Å². The van der Waals surface area contributed by atoms with Gasteiger partial charge in [0.2, 0.25) is 15.8 Å². The van der Waals surface area contributed by atoms with E-state index in [0.29, 0.717) is 37.9 Å². The molecule has 0 saturated carbocycles. The summed E-state index contributed by atoms with van der Waals surface area (Å²) >= 11 is 15.6. The highest BCUT2D eigenvalue weighted by Gasteiger charge is 2.27. The summed E-state index contributed by atoms with van der Waals surface area (Å²) in [7, 11) is 0.365. The molecule has 0 bridgehead atoms. The van der Waals surface area contributed by atoms with Crippen LogP contribution in [0.1, 0.15) is 11.1 Å². The molecule has 0 aromatic heterocycles. The summed E-state index contributed by atoms with van der Waals surface area (Å²) in [4.78, 5) is 12.8. The van der Waals surface area contributed by atoms with Gasteiger partial charge in [-0.05, 0) is 54.1 Å². The number of amides is 1. The Hall–Kier alpha value is -2.83. The summed E-state index contributed by atoms with van der Waals surface area (Å²) < 4.78 is 44.5. The number of benzene rings is 3. The predicted molar refractivity (Wildman–Crippen MR) is 150 cm³/mol. The molecule has 1 amide bonds. The van der Waals surface area contributed by atoms with Gasteiger partial charge in [-0.3, -0.25) is 4.79 Å². The molecule has 38 heavy (non-hydrogen) atoms. The molecule has 3 aromatic rings. The first kappa shape index (κ1) is 29.7. The average Bonchev–Trinajstić information content (AvgIpc) is 2.89. The van der Waals surface area contributed by atoms with Crippen molar-refractivity contribution in [1.82, 2.24) is 9.73 Å². The Kier molecular flexibility index (Phi) is 10.4. The van der Waals surface area contributed by atoms with Gasteiger partial charge in [-0.1, -0.05) is 45.2 Å². The van der Waals surface area contributed by atoms with Crippen molar-refractivity contribution in [3.8, 4) is 17.2 Å². The van der Waals surface area contributed by atoms with E-state index >= 15 is 0 Å². The van der Waals surface area contributed by atoms with E-state index < -0.39 is 22.5 Å². The van der Waals surface area contributed by atoms with Crippen molar-refractivity contribution < 1.29 is 27.4 Å². The number of hydrazone groups is 1. The van der Waals surface area contributed by atoms with Gasteiger partial charge in [-0.25, -0.2) is 13.8 Å². The van der Waals surface area contributed by atoms with E-state index in [2.05, 4.69) is 26.5 Å². The number of halogens is 3. The molecule has 0 spiro atoms. The molecule has 13 heteroatoms. The summed E-state index contributed by atoms with van der Waals surface area (Å²) in [6.07, 6.45) is 1.37. The van der Waals surface area contributed by atoms with Crippen molar-refractivity contribution in [3.05, 3.63) is 80.2 Å². The van der Waals surface area contributed by atoms with E-state index in [1.165, 1.54) is 45.7 Å². The van der Waals surface area contributed by atoms with Crippen LogP contribution in [0.2, 0.25) is 10.0 Å². The first-order valence-electron chi connectivity index (χ1n) is 10.9. The van der Waals surface area contributed by atoms with Crippen LogP contribution in [-0.2, 0) is 21.4 Å². The Bertz CT molecular complexity index is 1410. The number of nitrogens with zero attached hydrogens (tertiary/aromatic N) is 2. The fourth-order valence-electron chi connectivity index (χ4n) is 3.37. The zero-order valence-corrected chi connectivity index (χ0v) is 24.5. The third-order valence-corrected chi connectivity index (χ3v) is 8.14. The Morgan fingerprint density at radius 1 is 1.00 bits per heavy atom. The highest BCUT2D eigenvalue weighted by Crippen LogP contribution is 2.37. The van der Waals surface area contributed by atoms with Gasteiger partial charge in [-0.15, -0.1) is 0 Å². The molecule has 0 saturated heterocycles. The maximum absolute atomic E-state index is 13.4. The normalized spacial score (nSPS) is 11.6. The second-order valence-electron chi connectivity index (χ2n) is 7.71. The van der Waals surface area contributed by atoms with Crippen molar-refractivity contribution in [2.45, 2.75) is 11.4 Å². The largest absolute Gasteiger partial charge is 0.493 e. The Morgan fingerprint density at radius 2 is 1.63 bits per heavy atom. The van der Waals surface area contributed by atoms with Gasteiger partial charge >= 0.3 is 0 Å². The molecule has 1 N–H and O–H groups in total. The minimum atomic E-state index is -4.08. The van der Waals surface area contributed by atoms with E-state index in [0.717, 1.165) is 4.31 Å². The summed E-state index contributed by atoms with van der Waals surface area (Å²) in [6.45, 7) is -0.692. The van der Waals surface area contributed by atoms with Crippen molar-refractivity contribution >= 4 is 61.3 Å². The van der Waals surface area contributed by atoms with E-state index in [1.807, 2.05) is 0 Å². The zero-order valence-electron chi connectivity index (χ0n) is 20.6. The summed E-state index contributed by atoms with van der Waals surface area (Å²) in [5, 5.41) is 4.63. The number of carbonyl (C=O) groups excluding carboxylic acids is 1. The lowest BCUT2D eigenvalue weighted by atomic mass is 10.2. The maximum atomic E-state index is 13.4. The number of hydrogen-bond donors (Lipinski definition) is 1. The SMILES string of the molecule is COc1cc(/C=N\NC(=O)CN(Cc2ccc(Cl)cc2Cl)S(=O)(=O)c2ccc(Br)cc2)cc(OC)c1OC. The molecule has 0 aliphatic rings. The summed E-state index contributed by atoms with van der Waals surface area (Å²) in [5.74, 6) is 0.558. The number of nitrogens with one attached hydrogen (secondary N) is 1. The summed E-state index contributed by atoms with van der Waals surface area (Å²) in [6, 6.07) is 14.1. The lowest BCUT2D eigenvalue weighted by Gasteiger charge is -2.22. The lowest BCUT2D eigenvalue weighted by molar-refractivity contribution is -0.121. The van der Waals surface area contributed by atoms with E-state index in [-0.39, 0.29) is 16.5 Å². The monoisotopic (exact) mass is 643 g/mol. The number of methoxy groups -OCH3 is 3. The number of rotatable bonds is 11. The first-order chi connectivity index (χ1) is 18.1. The smallest absolute Gasteiger partial charge is 0.255 e. The van der Waals surface area contributed by atoms with E-state index in [4.69, 9.17) is 37.4 Å². The van der Waals surface area contributed by atoms with Gasteiger partial charge in [0.05, 0.1) is 39.0 Å². The van der Waals surface area contributed by atoms with Gasteiger partial charge in [-0.2, -0.15) is 9.41 Å². The van der Waals surface area contributed by atoms with Crippen molar-refractivity contribution in [1.29, 1.82) is 0 Å². The molecular formula is C25H24BrCl2N3O6S. The van der Waals surface area contributed by atoms with Gasteiger partial charge in [0.15, 0.2) is 11.5 Å². The van der Waals surface area contributed by atoms with Crippen LogP contribution in [0.5, 0.6) is 17.2 Å². The molecule has 0 heterocycles. The second-order valence-corrected chi connectivity index (χ2v) is 11.4. The number of hydrogen-bond acceptors (Lipinski definition) is 7. The number of ether oxygens (including phenoxy) is 3. The molecule has 0 atom stereocenters. The van der Waals surface area contributed by atoms with Crippen LogP contribution in [0, 0.1) is 0 Å². The molecule has 0 aliphatic carbocycles. The topological polar surface area (TPSA) is 107 Å². The Balaban J connectivity index is 1.83. The maximum Gasteiger partial charge on any atom is 0.255 e. The van der Waals surface area contributed by atoms with Crippen LogP contribution in [-0.4, -0.2) is 52.7 Å². The fourth-order valence-corrected chi connectivity index (χ4v) is 5.48. The van der Waals surface area contributed by atoms with Crippen LogP contribution in [0.4, 0.5) is 0 Å². The van der Waals surface area contributed by atoms with Crippen molar-refractivity contribution in [2.75, 3.05) is 27.9 Å². The summed E-state index contributed by atoms with van der Waals surface area (Å²) in [5.41, 5.74) is 3.38. The average molecular weight is 645 g/mol. The van der Waals surface area contributed by atoms with Gasteiger partial charge in [0.25, 0.3) is 5.91 Å². The molecular weight excluding hydrogens is 621 g/mol. The van der Waals surface area contributed by atoms with Crippen molar-refractivity contribution in [3.63, 3.8) is 0 Å². The number of carbonyl (C=O) groups is 1. The molecule has 9 nitrogen and oxygen atoms in total. The zero-order chi connectivity index (χ0) is 27.9. The van der Waals surface area contributed by atoms with Crippen LogP contribution in [0.3, 0.4) is 0 Å². The molecule has 202 valence electrons. The standard InChI is InChI=1S/C25H24BrCl2N3O6S/c1-35-22-10-16(11-23(36-2)25(22)37-3)13-29-30-24(32)15-31(14-17-4-7-19(27)12-21(17)28)38(33,34)20-8-5-18(26)6-9-20/h4-13H,14-15H2,1-3H3,(H,30,32)/b29-13-. The molecule has 0 unspecified atom stereocenters. The lowest BCUT2D eigenvalue weighted by Crippen LogP contribution is -2.39. The fraction of sp³-hybridized carbons (Fsp3) is 0.200. The van der Waals surface area contributed by atoms with Crippen molar-refractivity contribution in [2.24, 2.45) is 5.10 Å². The molecule has 0 radical (unpaired) electrons. The van der Waals surface area contributed by atoms with Crippen LogP contribution < -0.4 is 19.6 Å². The molecule has 0 aliphatic heterocycles. The van der Waals surface area contributed by atoms with Crippen LogP contribution in [0.25, 0.3) is 0 Å².